The largest absolute Gasteiger partial charge is 0.241 e. The molecule has 0 aliphatic rings. The summed E-state index contributed by atoms with van der Waals surface area (Å²) >= 11 is 9.37. The molecular weight excluding hydrogens is 275 g/mol. The normalized spacial score (nSPS) is 10.3. The van der Waals surface area contributed by atoms with Gasteiger partial charge in [-0.15, -0.1) is 0 Å². The van der Waals surface area contributed by atoms with Gasteiger partial charge in [-0.1, -0.05) is 29.8 Å². The van der Waals surface area contributed by atoms with Crippen molar-refractivity contribution in [1.82, 2.24) is 9.97 Å². The minimum Gasteiger partial charge on any atom is -0.241 e. The van der Waals surface area contributed by atoms with E-state index in [4.69, 9.17) is 11.6 Å². The Hall–Kier alpha value is -0.930. The first-order chi connectivity index (χ1) is 7.25. The monoisotopic (exact) mass is 282 g/mol. The first-order valence-corrected chi connectivity index (χ1v) is 5.62. The van der Waals surface area contributed by atoms with Crippen molar-refractivity contribution in [3.05, 3.63) is 57.5 Å². The van der Waals surface area contributed by atoms with Gasteiger partial charge in [-0.05, 0) is 33.6 Å². The standard InChI is InChI=1S/C11H8BrClN2/c12-11-6-9(14-7-15-11)5-8-3-1-2-4-10(8)13/h1-4,6-7H,5H2. The minimum absolute atomic E-state index is 0.723. The fraction of sp³-hybridized carbons (Fsp3) is 0.0909. The Morgan fingerprint density at radius 3 is 2.73 bits per heavy atom. The van der Waals surface area contributed by atoms with Crippen LogP contribution in [-0.2, 0) is 6.42 Å². The highest BCUT2D eigenvalue weighted by atomic mass is 79.9. The molecule has 0 spiro atoms. The topological polar surface area (TPSA) is 25.8 Å². The van der Waals surface area contributed by atoms with Gasteiger partial charge < -0.3 is 0 Å². The highest BCUT2D eigenvalue weighted by molar-refractivity contribution is 9.10. The van der Waals surface area contributed by atoms with E-state index in [0.717, 1.165) is 27.3 Å². The SMILES string of the molecule is Clc1ccccc1Cc1cc(Br)ncn1. The van der Waals surface area contributed by atoms with Crippen molar-refractivity contribution in [3.63, 3.8) is 0 Å². The quantitative estimate of drug-likeness (QED) is 0.789. The maximum Gasteiger partial charge on any atom is 0.116 e. The highest BCUT2D eigenvalue weighted by Gasteiger charge is 2.02. The Bertz CT molecular complexity index is 474. The van der Waals surface area contributed by atoms with Crippen LogP contribution < -0.4 is 0 Å². The van der Waals surface area contributed by atoms with E-state index >= 15 is 0 Å². The lowest BCUT2D eigenvalue weighted by Crippen LogP contribution is -1.93. The number of rotatable bonds is 2. The molecule has 1 aromatic carbocycles. The Kier molecular flexibility index (Phi) is 3.34. The van der Waals surface area contributed by atoms with Crippen LogP contribution in [0.4, 0.5) is 0 Å². The van der Waals surface area contributed by atoms with Gasteiger partial charge in [-0.3, -0.25) is 0 Å². The van der Waals surface area contributed by atoms with Gasteiger partial charge in [0.25, 0.3) is 0 Å². The smallest absolute Gasteiger partial charge is 0.116 e. The molecule has 2 rings (SSSR count). The number of halogens is 2. The fourth-order valence-electron chi connectivity index (χ4n) is 1.30. The summed E-state index contributed by atoms with van der Waals surface area (Å²) in [6.45, 7) is 0. The van der Waals surface area contributed by atoms with Crippen LogP contribution in [0.1, 0.15) is 11.3 Å². The molecule has 0 unspecified atom stereocenters. The van der Waals surface area contributed by atoms with Crippen LogP contribution in [0.2, 0.25) is 5.02 Å². The molecule has 2 aromatic rings. The number of aromatic nitrogens is 2. The van der Waals surface area contributed by atoms with Gasteiger partial charge in [0, 0.05) is 17.1 Å². The molecule has 0 saturated carbocycles. The van der Waals surface area contributed by atoms with E-state index in [2.05, 4.69) is 25.9 Å². The fourth-order valence-corrected chi connectivity index (χ4v) is 1.86. The Morgan fingerprint density at radius 2 is 2.00 bits per heavy atom. The van der Waals surface area contributed by atoms with Gasteiger partial charge in [0.15, 0.2) is 0 Å². The first kappa shape index (κ1) is 10.6. The number of nitrogens with zero attached hydrogens (tertiary/aromatic N) is 2. The van der Waals surface area contributed by atoms with E-state index < -0.39 is 0 Å². The van der Waals surface area contributed by atoms with E-state index in [0.29, 0.717) is 0 Å². The van der Waals surface area contributed by atoms with Gasteiger partial charge >= 0.3 is 0 Å². The Labute approximate surface area is 101 Å². The third kappa shape index (κ3) is 2.76. The molecule has 0 radical (unpaired) electrons. The number of hydrogen-bond acceptors (Lipinski definition) is 2. The van der Waals surface area contributed by atoms with Gasteiger partial charge in [0.1, 0.15) is 10.9 Å². The van der Waals surface area contributed by atoms with Crippen LogP contribution in [0.15, 0.2) is 41.3 Å². The van der Waals surface area contributed by atoms with Crippen LogP contribution >= 0.6 is 27.5 Å². The second-order valence-corrected chi connectivity index (χ2v) is 4.32. The molecule has 0 aliphatic heterocycles. The highest BCUT2D eigenvalue weighted by Crippen LogP contribution is 2.18. The summed E-state index contributed by atoms with van der Waals surface area (Å²) in [4.78, 5) is 8.15. The van der Waals surface area contributed by atoms with Crippen molar-refractivity contribution in [2.75, 3.05) is 0 Å². The molecule has 76 valence electrons. The third-order valence-corrected chi connectivity index (χ3v) is 2.82. The zero-order chi connectivity index (χ0) is 10.7. The molecule has 4 heteroatoms. The van der Waals surface area contributed by atoms with Crippen molar-refractivity contribution in [3.8, 4) is 0 Å². The molecule has 0 saturated heterocycles. The molecule has 0 amide bonds. The summed E-state index contributed by atoms with van der Waals surface area (Å²) in [6.07, 6.45) is 2.26. The van der Waals surface area contributed by atoms with Crippen LogP contribution in [0.5, 0.6) is 0 Å². The molecule has 0 N–H and O–H groups in total. The summed E-state index contributed by atoms with van der Waals surface area (Å²) in [5.41, 5.74) is 2.02. The molecule has 0 atom stereocenters. The molecule has 1 aromatic heterocycles. The average molecular weight is 284 g/mol. The van der Waals surface area contributed by atoms with Crippen molar-refractivity contribution in [2.45, 2.75) is 6.42 Å². The first-order valence-electron chi connectivity index (χ1n) is 4.45. The van der Waals surface area contributed by atoms with Crippen LogP contribution in [0.3, 0.4) is 0 Å². The lowest BCUT2D eigenvalue weighted by Gasteiger charge is -2.03. The summed E-state index contributed by atoms with van der Waals surface area (Å²) in [5, 5.41) is 0.771. The summed E-state index contributed by atoms with van der Waals surface area (Å²) < 4.78 is 0.791. The molecule has 15 heavy (non-hydrogen) atoms. The minimum atomic E-state index is 0.723. The second-order valence-electron chi connectivity index (χ2n) is 3.10. The van der Waals surface area contributed by atoms with Gasteiger partial charge in [0.2, 0.25) is 0 Å². The number of benzene rings is 1. The van der Waals surface area contributed by atoms with E-state index in [1.54, 1.807) is 0 Å². The predicted molar refractivity (Wildman–Crippen MR) is 64.0 cm³/mol. The summed E-state index contributed by atoms with van der Waals surface area (Å²) in [7, 11) is 0. The molecule has 0 fully saturated rings. The maximum atomic E-state index is 6.06. The van der Waals surface area contributed by atoms with E-state index in [1.807, 2.05) is 30.3 Å². The Morgan fingerprint density at radius 1 is 1.20 bits per heavy atom. The van der Waals surface area contributed by atoms with Crippen LogP contribution in [-0.4, -0.2) is 9.97 Å². The second kappa shape index (κ2) is 4.73. The lowest BCUT2D eigenvalue weighted by molar-refractivity contribution is 1.01. The zero-order valence-electron chi connectivity index (χ0n) is 7.82. The van der Waals surface area contributed by atoms with Crippen LogP contribution in [0.25, 0.3) is 0 Å². The molecule has 0 aliphatic carbocycles. The van der Waals surface area contributed by atoms with Crippen molar-refractivity contribution >= 4 is 27.5 Å². The maximum absolute atomic E-state index is 6.06. The predicted octanol–water partition coefficient (Wildman–Crippen LogP) is 3.48. The van der Waals surface area contributed by atoms with Gasteiger partial charge in [0.05, 0.1) is 0 Å². The third-order valence-electron chi connectivity index (χ3n) is 2.02. The van der Waals surface area contributed by atoms with Crippen molar-refractivity contribution in [1.29, 1.82) is 0 Å². The molecule has 0 bridgehead atoms. The summed E-state index contributed by atoms with van der Waals surface area (Å²) in [6, 6.07) is 9.66. The van der Waals surface area contributed by atoms with Gasteiger partial charge in [-0.25, -0.2) is 9.97 Å². The van der Waals surface area contributed by atoms with Crippen molar-refractivity contribution < 1.29 is 0 Å². The molecule has 2 nitrogen and oxygen atoms in total. The Balaban J connectivity index is 2.26. The molecule has 1 heterocycles. The van der Waals surface area contributed by atoms with Crippen LogP contribution in [0, 0.1) is 0 Å². The van der Waals surface area contributed by atoms with E-state index in [-0.39, 0.29) is 0 Å². The van der Waals surface area contributed by atoms with E-state index in [9.17, 15) is 0 Å². The van der Waals surface area contributed by atoms with Gasteiger partial charge in [-0.2, -0.15) is 0 Å². The number of hydrogen-bond donors (Lipinski definition) is 0. The van der Waals surface area contributed by atoms with E-state index in [1.165, 1.54) is 6.33 Å². The zero-order valence-corrected chi connectivity index (χ0v) is 10.2. The van der Waals surface area contributed by atoms with Crippen molar-refractivity contribution in [2.24, 2.45) is 0 Å². The lowest BCUT2D eigenvalue weighted by atomic mass is 10.1. The average Bonchev–Trinajstić information content (AvgIpc) is 2.22. The summed E-state index contributed by atoms with van der Waals surface area (Å²) in [5.74, 6) is 0. The molecular formula is C11H8BrClN2.